The summed E-state index contributed by atoms with van der Waals surface area (Å²) in [7, 11) is 0. The molecule has 4 heterocycles. The van der Waals surface area contributed by atoms with E-state index in [0.29, 0.717) is 17.4 Å². The van der Waals surface area contributed by atoms with Crippen molar-refractivity contribution in [3.8, 4) is 0 Å². The Morgan fingerprint density at radius 1 is 1.07 bits per heavy atom. The van der Waals surface area contributed by atoms with Gasteiger partial charge in [0.2, 0.25) is 0 Å². The van der Waals surface area contributed by atoms with Gasteiger partial charge in [-0.2, -0.15) is 24.9 Å². The predicted octanol–water partition coefficient (Wildman–Crippen LogP) is 4.50. The molecule has 0 amide bonds. The Labute approximate surface area is 178 Å². The maximum absolute atomic E-state index is 12.7. The molecular formula is C22H25F3N4S. The van der Waals surface area contributed by atoms with Crippen LogP contribution in [0, 0.1) is 11.3 Å². The van der Waals surface area contributed by atoms with Crippen molar-refractivity contribution in [1.82, 2.24) is 14.9 Å². The van der Waals surface area contributed by atoms with Crippen LogP contribution in [0.25, 0.3) is 0 Å². The van der Waals surface area contributed by atoms with Gasteiger partial charge in [0.15, 0.2) is 0 Å². The van der Waals surface area contributed by atoms with Crippen LogP contribution in [0.2, 0.25) is 0 Å². The van der Waals surface area contributed by atoms with E-state index in [4.69, 9.17) is 0 Å². The van der Waals surface area contributed by atoms with Gasteiger partial charge in [-0.3, -0.25) is 9.88 Å². The quantitative estimate of drug-likeness (QED) is 0.708. The van der Waals surface area contributed by atoms with Gasteiger partial charge in [-0.25, -0.2) is 4.98 Å². The normalized spacial score (nSPS) is 23.1. The highest BCUT2D eigenvalue weighted by Gasteiger charge is 2.55. The van der Waals surface area contributed by atoms with E-state index in [1.165, 1.54) is 36.1 Å². The second-order valence-corrected chi connectivity index (χ2v) is 10.0. The van der Waals surface area contributed by atoms with Crippen LogP contribution in [-0.2, 0) is 6.18 Å². The number of pyridine rings is 2. The van der Waals surface area contributed by atoms with Gasteiger partial charge >= 0.3 is 6.18 Å². The third-order valence-corrected chi connectivity index (χ3v) is 7.70. The smallest absolute Gasteiger partial charge is 0.369 e. The van der Waals surface area contributed by atoms with E-state index >= 15 is 0 Å². The van der Waals surface area contributed by atoms with E-state index in [-0.39, 0.29) is 0 Å². The predicted molar refractivity (Wildman–Crippen MR) is 112 cm³/mol. The van der Waals surface area contributed by atoms with Crippen LogP contribution in [0.4, 0.5) is 18.9 Å². The van der Waals surface area contributed by atoms with Gasteiger partial charge in [0, 0.05) is 61.5 Å². The highest BCUT2D eigenvalue weighted by Crippen LogP contribution is 2.57. The van der Waals surface area contributed by atoms with Crippen LogP contribution in [0.1, 0.15) is 30.1 Å². The van der Waals surface area contributed by atoms with Crippen molar-refractivity contribution in [2.75, 3.05) is 42.6 Å². The third kappa shape index (κ3) is 3.80. The number of halogens is 3. The second kappa shape index (κ2) is 7.71. The molecule has 3 fully saturated rings. The van der Waals surface area contributed by atoms with E-state index in [1.807, 2.05) is 30.2 Å². The largest absolute Gasteiger partial charge is 0.433 e. The fourth-order valence-corrected chi connectivity index (χ4v) is 6.34. The van der Waals surface area contributed by atoms with Gasteiger partial charge < -0.3 is 4.90 Å². The zero-order chi connectivity index (χ0) is 20.8. The fraction of sp³-hybridized carbons (Fsp3) is 0.545. The van der Waals surface area contributed by atoms with Gasteiger partial charge in [-0.05, 0) is 42.5 Å². The molecule has 1 saturated carbocycles. The van der Waals surface area contributed by atoms with Crippen LogP contribution in [0.3, 0.4) is 0 Å². The first-order valence-electron chi connectivity index (χ1n) is 10.4. The Balaban J connectivity index is 1.23. The van der Waals surface area contributed by atoms with E-state index in [0.717, 1.165) is 37.9 Å². The molecule has 1 aliphatic carbocycles. The molecule has 3 aliphatic rings. The van der Waals surface area contributed by atoms with Crippen molar-refractivity contribution in [3.05, 3.63) is 54.1 Å². The summed E-state index contributed by atoms with van der Waals surface area (Å²) in [4.78, 5) is 12.7. The van der Waals surface area contributed by atoms with Gasteiger partial charge in [0.05, 0.1) is 11.9 Å². The van der Waals surface area contributed by atoms with Crippen LogP contribution < -0.4 is 4.90 Å². The minimum Gasteiger partial charge on any atom is -0.369 e. The third-order valence-electron chi connectivity index (χ3n) is 6.76. The Morgan fingerprint density at radius 3 is 2.43 bits per heavy atom. The Kier molecular flexibility index (Phi) is 5.17. The number of nitrogens with zero attached hydrogens (tertiary/aromatic N) is 4. The molecule has 30 heavy (non-hydrogen) atoms. The van der Waals surface area contributed by atoms with Gasteiger partial charge in [0.25, 0.3) is 0 Å². The lowest BCUT2D eigenvalue weighted by Gasteiger charge is -2.62. The molecule has 2 aromatic rings. The molecular weight excluding hydrogens is 409 g/mol. The maximum atomic E-state index is 12.7. The molecule has 0 N–H and O–H groups in total. The SMILES string of the molecule is FC(F)(F)c1ccc(N2CC3(CC(C(c4cccnc4)N4CCSCC4)C3)C2)cn1. The van der Waals surface area contributed by atoms with Gasteiger partial charge in [-0.1, -0.05) is 6.07 Å². The Morgan fingerprint density at radius 2 is 1.83 bits per heavy atom. The monoisotopic (exact) mass is 434 g/mol. The number of rotatable bonds is 4. The first kappa shape index (κ1) is 20.1. The minimum atomic E-state index is -4.38. The summed E-state index contributed by atoms with van der Waals surface area (Å²) >= 11 is 2.02. The molecule has 160 valence electrons. The summed E-state index contributed by atoms with van der Waals surface area (Å²) in [6, 6.07) is 7.27. The number of alkyl halides is 3. The van der Waals surface area contributed by atoms with Crippen molar-refractivity contribution < 1.29 is 13.2 Å². The average molecular weight is 435 g/mol. The lowest BCUT2D eigenvalue weighted by Crippen LogP contribution is -2.64. The van der Waals surface area contributed by atoms with E-state index in [2.05, 4.69) is 25.8 Å². The summed E-state index contributed by atoms with van der Waals surface area (Å²) in [5, 5.41) is 0. The van der Waals surface area contributed by atoms with Crippen LogP contribution in [0.5, 0.6) is 0 Å². The van der Waals surface area contributed by atoms with E-state index in [1.54, 1.807) is 6.07 Å². The fourth-order valence-electron chi connectivity index (χ4n) is 5.41. The van der Waals surface area contributed by atoms with E-state index in [9.17, 15) is 13.2 Å². The lowest BCUT2D eigenvalue weighted by atomic mass is 9.55. The molecule has 1 spiro atoms. The summed E-state index contributed by atoms with van der Waals surface area (Å²) in [6.07, 6.45) is 3.15. The lowest BCUT2D eigenvalue weighted by molar-refractivity contribution is -0.141. The summed E-state index contributed by atoms with van der Waals surface area (Å²) < 4.78 is 38.2. The molecule has 0 bridgehead atoms. The number of thioether (sulfide) groups is 1. The van der Waals surface area contributed by atoms with Crippen molar-refractivity contribution in [1.29, 1.82) is 0 Å². The highest BCUT2D eigenvalue weighted by molar-refractivity contribution is 7.99. The number of anilines is 1. The van der Waals surface area contributed by atoms with Crippen molar-refractivity contribution in [2.24, 2.45) is 11.3 Å². The second-order valence-electron chi connectivity index (χ2n) is 8.80. The summed E-state index contributed by atoms with van der Waals surface area (Å²) in [6.45, 7) is 4.06. The topological polar surface area (TPSA) is 32.3 Å². The van der Waals surface area contributed by atoms with Gasteiger partial charge in [0.1, 0.15) is 5.69 Å². The zero-order valence-corrected chi connectivity index (χ0v) is 17.5. The first-order chi connectivity index (χ1) is 14.4. The molecule has 8 heteroatoms. The molecule has 4 nitrogen and oxygen atoms in total. The Hall–Kier alpha value is -1.80. The molecule has 0 aromatic carbocycles. The zero-order valence-electron chi connectivity index (χ0n) is 16.7. The molecule has 5 rings (SSSR count). The summed E-state index contributed by atoms with van der Waals surface area (Å²) in [5.41, 5.74) is 1.57. The van der Waals surface area contributed by atoms with Crippen molar-refractivity contribution in [2.45, 2.75) is 25.1 Å². The molecule has 2 aliphatic heterocycles. The maximum Gasteiger partial charge on any atom is 0.433 e. The van der Waals surface area contributed by atoms with Crippen molar-refractivity contribution in [3.63, 3.8) is 0 Å². The van der Waals surface area contributed by atoms with Crippen molar-refractivity contribution >= 4 is 17.4 Å². The highest BCUT2D eigenvalue weighted by atomic mass is 32.2. The number of hydrogen-bond donors (Lipinski definition) is 0. The molecule has 1 unspecified atom stereocenters. The molecule has 1 atom stereocenters. The summed E-state index contributed by atoms with van der Waals surface area (Å²) in [5.74, 6) is 2.98. The van der Waals surface area contributed by atoms with E-state index < -0.39 is 11.9 Å². The van der Waals surface area contributed by atoms with Crippen LogP contribution >= 0.6 is 11.8 Å². The number of hydrogen-bond acceptors (Lipinski definition) is 5. The molecule has 2 saturated heterocycles. The first-order valence-corrected chi connectivity index (χ1v) is 11.6. The Bertz CT molecular complexity index is 854. The van der Waals surface area contributed by atoms with Crippen LogP contribution in [-0.4, -0.2) is 52.6 Å². The van der Waals surface area contributed by atoms with Gasteiger partial charge in [-0.15, -0.1) is 0 Å². The van der Waals surface area contributed by atoms with Crippen LogP contribution in [0.15, 0.2) is 42.9 Å². The molecule has 0 radical (unpaired) electrons. The molecule has 2 aromatic heterocycles. The number of aromatic nitrogens is 2. The minimum absolute atomic E-state index is 0.304. The average Bonchev–Trinajstić information content (AvgIpc) is 2.69. The standard InChI is InChI=1S/C22H25F3N4S/c23-22(24,25)19-4-3-18(13-27-19)29-14-21(15-29)10-17(11-21)20(16-2-1-5-26-12-16)28-6-8-30-9-7-28/h1-5,12-13,17,20H,6-11,14-15H2.